The summed E-state index contributed by atoms with van der Waals surface area (Å²) in [7, 11) is 3.04. The van der Waals surface area contributed by atoms with E-state index in [4.69, 9.17) is 24.9 Å². The first-order chi connectivity index (χ1) is 16.9. The molecule has 3 N–H and O–H groups in total. The number of rotatable bonds is 8. The molecular formula is C25H27N5O5. The van der Waals surface area contributed by atoms with Crippen LogP contribution in [0.15, 0.2) is 42.5 Å². The third-order valence-corrected chi connectivity index (χ3v) is 5.55. The number of benzene rings is 2. The number of hydrogen-bond donors (Lipinski definition) is 2. The zero-order chi connectivity index (χ0) is 25.1. The Morgan fingerprint density at radius 1 is 1.06 bits per heavy atom. The SMILES string of the molecule is CCOC(=O)c1c(N)n(C[C@@H](C)NC(=O)c2ccc(OC)c(OC)c2)c2nc3ccccc3nc12. The van der Waals surface area contributed by atoms with E-state index in [1.54, 1.807) is 29.7 Å². The minimum Gasteiger partial charge on any atom is -0.493 e. The number of nitrogens with two attached hydrogens (primary N) is 1. The number of aromatic nitrogens is 3. The first kappa shape index (κ1) is 23.8. The lowest BCUT2D eigenvalue weighted by atomic mass is 10.1. The molecule has 1 atom stereocenters. The average Bonchev–Trinajstić information content (AvgIpc) is 3.12. The number of anilines is 1. The minimum atomic E-state index is -0.569. The topological polar surface area (TPSA) is 131 Å². The number of esters is 1. The predicted octanol–water partition coefficient (Wildman–Crippen LogP) is 3.18. The third kappa shape index (κ3) is 4.54. The zero-order valence-electron chi connectivity index (χ0n) is 20.0. The normalized spacial score (nSPS) is 11.9. The predicted molar refractivity (Wildman–Crippen MR) is 132 cm³/mol. The van der Waals surface area contributed by atoms with Gasteiger partial charge in [-0.25, -0.2) is 14.8 Å². The summed E-state index contributed by atoms with van der Waals surface area (Å²) < 4.78 is 17.4. The van der Waals surface area contributed by atoms with Crippen LogP contribution < -0.4 is 20.5 Å². The standard InChI is InChI=1S/C25H27N5O5/c1-5-35-25(32)20-21-23(29-17-9-7-6-8-16(17)28-21)30(22(20)26)13-14(2)27-24(31)15-10-11-18(33-3)19(12-15)34-4/h6-12,14H,5,13,26H2,1-4H3,(H,27,31)/t14-/m1/s1. The Labute approximate surface area is 202 Å². The van der Waals surface area contributed by atoms with Gasteiger partial charge in [-0.05, 0) is 44.2 Å². The molecule has 0 aliphatic heterocycles. The van der Waals surface area contributed by atoms with Gasteiger partial charge in [-0.3, -0.25) is 4.79 Å². The molecule has 10 nitrogen and oxygen atoms in total. The van der Waals surface area contributed by atoms with E-state index in [2.05, 4.69) is 10.3 Å². The molecule has 0 unspecified atom stereocenters. The molecule has 35 heavy (non-hydrogen) atoms. The molecule has 0 bridgehead atoms. The van der Waals surface area contributed by atoms with Crippen LogP contribution in [0, 0.1) is 0 Å². The molecule has 0 aliphatic carbocycles. The van der Waals surface area contributed by atoms with Crippen LogP contribution in [0.3, 0.4) is 0 Å². The van der Waals surface area contributed by atoms with Gasteiger partial charge in [0.1, 0.15) is 16.9 Å². The number of fused-ring (bicyclic) bond motifs is 2. The van der Waals surface area contributed by atoms with Crippen molar-refractivity contribution in [3.63, 3.8) is 0 Å². The second kappa shape index (κ2) is 9.88. The average molecular weight is 478 g/mol. The van der Waals surface area contributed by atoms with Crippen molar-refractivity contribution in [3.05, 3.63) is 53.6 Å². The summed E-state index contributed by atoms with van der Waals surface area (Å²) in [5.74, 6) is 0.299. The number of nitrogen functional groups attached to an aromatic ring is 1. The fourth-order valence-electron chi connectivity index (χ4n) is 3.91. The van der Waals surface area contributed by atoms with Gasteiger partial charge in [0.15, 0.2) is 17.1 Å². The number of para-hydroxylation sites is 2. The van der Waals surface area contributed by atoms with Crippen molar-refractivity contribution in [1.29, 1.82) is 0 Å². The van der Waals surface area contributed by atoms with E-state index in [1.165, 1.54) is 14.2 Å². The summed E-state index contributed by atoms with van der Waals surface area (Å²) in [4.78, 5) is 34.9. The number of amides is 1. The lowest BCUT2D eigenvalue weighted by Crippen LogP contribution is -2.36. The number of nitrogens with zero attached hydrogens (tertiary/aromatic N) is 3. The molecule has 182 valence electrons. The summed E-state index contributed by atoms with van der Waals surface area (Å²) in [5.41, 5.74) is 9.09. The van der Waals surface area contributed by atoms with Gasteiger partial charge in [0.2, 0.25) is 0 Å². The van der Waals surface area contributed by atoms with Crippen molar-refractivity contribution < 1.29 is 23.8 Å². The van der Waals surface area contributed by atoms with Crippen molar-refractivity contribution in [1.82, 2.24) is 19.9 Å². The molecule has 2 aromatic heterocycles. The molecule has 0 spiro atoms. The number of methoxy groups -OCH3 is 2. The zero-order valence-corrected chi connectivity index (χ0v) is 20.0. The van der Waals surface area contributed by atoms with E-state index >= 15 is 0 Å². The van der Waals surface area contributed by atoms with Crippen molar-refractivity contribution >= 4 is 39.9 Å². The number of carbonyl (C=O) groups excluding carboxylic acids is 2. The van der Waals surface area contributed by atoms with Gasteiger partial charge in [-0.1, -0.05) is 12.1 Å². The van der Waals surface area contributed by atoms with Crippen LogP contribution in [0.1, 0.15) is 34.6 Å². The van der Waals surface area contributed by atoms with E-state index in [-0.39, 0.29) is 36.5 Å². The Morgan fingerprint density at radius 3 is 2.40 bits per heavy atom. The lowest BCUT2D eigenvalue weighted by Gasteiger charge is -2.17. The molecule has 10 heteroatoms. The maximum absolute atomic E-state index is 12.9. The molecular weight excluding hydrogens is 450 g/mol. The first-order valence-corrected chi connectivity index (χ1v) is 11.1. The van der Waals surface area contributed by atoms with Crippen LogP contribution in [0.25, 0.3) is 22.2 Å². The summed E-state index contributed by atoms with van der Waals surface area (Å²) in [6, 6.07) is 11.9. The van der Waals surface area contributed by atoms with Crippen LogP contribution in [0.5, 0.6) is 11.5 Å². The smallest absolute Gasteiger partial charge is 0.344 e. The third-order valence-electron chi connectivity index (χ3n) is 5.55. The summed E-state index contributed by atoms with van der Waals surface area (Å²) >= 11 is 0. The van der Waals surface area contributed by atoms with Crippen molar-refractivity contribution in [2.24, 2.45) is 0 Å². The van der Waals surface area contributed by atoms with Crippen LogP contribution in [0.2, 0.25) is 0 Å². The van der Waals surface area contributed by atoms with Gasteiger partial charge >= 0.3 is 5.97 Å². The quantitative estimate of drug-likeness (QED) is 0.370. The fraction of sp³-hybridized carbons (Fsp3) is 0.280. The molecule has 1 amide bonds. The van der Waals surface area contributed by atoms with E-state index in [1.807, 2.05) is 31.2 Å². The first-order valence-electron chi connectivity index (χ1n) is 11.1. The monoisotopic (exact) mass is 477 g/mol. The molecule has 0 saturated carbocycles. The van der Waals surface area contributed by atoms with E-state index in [0.717, 1.165) is 0 Å². The lowest BCUT2D eigenvalue weighted by molar-refractivity contribution is 0.0529. The maximum Gasteiger partial charge on any atom is 0.344 e. The van der Waals surface area contributed by atoms with E-state index < -0.39 is 5.97 Å². The van der Waals surface area contributed by atoms with Crippen molar-refractivity contribution in [2.75, 3.05) is 26.6 Å². The second-order valence-electron chi connectivity index (χ2n) is 7.92. The molecule has 2 heterocycles. The minimum absolute atomic E-state index is 0.165. The van der Waals surface area contributed by atoms with Crippen LogP contribution in [-0.2, 0) is 11.3 Å². The Balaban J connectivity index is 1.67. The number of carbonyl (C=O) groups is 2. The Hall–Kier alpha value is -4.34. The maximum atomic E-state index is 12.9. The Morgan fingerprint density at radius 2 is 1.74 bits per heavy atom. The summed E-state index contributed by atoms with van der Waals surface area (Å²) in [5, 5.41) is 2.95. The molecule has 2 aromatic carbocycles. The number of nitrogens with one attached hydrogen (secondary N) is 1. The summed E-state index contributed by atoms with van der Waals surface area (Å²) in [6.07, 6.45) is 0. The number of hydrogen-bond acceptors (Lipinski definition) is 8. The molecule has 0 radical (unpaired) electrons. The second-order valence-corrected chi connectivity index (χ2v) is 7.92. The van der Waals surface area contributed by atoms with Crippen LogP contribution in [-0.4, -0.2) is 53.3 Å². The van der Waals surface area contributed by atoms with E-state index in [9.17, 15) is 9.59 Å². The van der Waals surface area contributed by atoms with Crippen LogP contribution >= 0.6 is 0 Å². The van der Waals surface area contributed by atoms with Crippen molar-refractivity contribution in [3.8, 4) is 11.5 Å². The van der Waals surface area contributed by atoms with Gasteiger partial charge < -0.3 is 29.8 Å². The van der Waals surface area contributed by atoms with Gasteiger partial charge in [-0.2, -0.15) is 0 Å². The largest absolute Gasteiger partial charge is 0.493 e. The highest BCUT2D eigenvalue weighted by atomic mass is 16.5. The highest BCUT2D eigenvalue weighted by Gasteiger charge is 2.26. The fourth-order valence-corrected chi connectivity index (χ4v) is 3.91. The Bertz CT molecular complexity index is 1410. The van der Waals surface area contributed by atoms with Gasteiger partial charge in [0.05, 0.1) is 31.9 Å². The highest BCUT2D eigenvalue weighted by Crippen LogP contribution is 2.29. The molecule has 0 saturated heterocycles. The molecule has 4 aromatic rings. The van der Waals surface area contributed by atoms with Gasteiger partial charge in [-0.15, -0.1) is 0 Å². The van der Waals surface area contributed by atoms with Gasteiger partial charge in [0, 0.05) is 18.2 Å². The molecule has 0 fully saturated rings. The van der Waals surface area contributed by atoms with E-state index in [0.29, 0.717) is 39.3 Å². The van der Waals surface area contributed by atoms with Gasteiger partial charge in [0.25, 0.3) is 5.91 Å². The number of ether oxygens (including phenoxy) is 3. The Kier molecular flexibility index (Phi) is 6.72. The van der Waals surface area contributed by atoms with Crippen molar-refractivity contribution in [2.45, 2.75) is 26.4 Å². The summed E-state index contributed by atoms with van der Waals surface area (Å²) in [6.45, 7) is 4.01. The molecule has 0 aliphatic rings. The highest BCUT2D eigenvalue weighted by molar-refractivity contribution is 6.08. The van der Waals surface area contributed by atoms with Crippen LogP contribution in [0.4, 0.5) is 5.82 Å². The molecule has 4 rings (SSSR count).